The number of benzene rings is 2. The zero-order valence-electron chi connectivity index (χ0n) is 28.3. The molecule has 262 valence electrons. The second kappa shape index (κ2) is 14.1. The third-order valence-electron chi connectivity index (χ3n) is 12.0. The molecule has 11 heteroatoms. The third-order valence-corrected chi connectivity index (χ3v) is 14.1. The number of fused-ring (bicyclic) bond motifs is 5. The van der Waals surface area contributed by atoms with Crippen molar-refractivity contribution in [3.05, 3.63) is 58.1 Å². The number of rotatable bonds is 0. The Morgan fingerprint density at radius 1 is 0.979 bits per heavy atom. The van der Waals surface area contributed by atoms with Crippen LogP contribution in [0.3, 0.4) is 0 Å². The maximum absolute atomic E-state index is 13.5. The molecular formula is C37H50ClN3O6S. The molecule has 48 heavy (non-hydrogen) atoms. The van der Waals surface area contributed by atoms with Crippen LogP contribution in [0.15, 0.2) is 36.4 Å². The summed E-state index contributed by atoms with van der Waals surface area (Å²) in [6.45, 7) is 9.66. The van der Waals surface area contributed by atoms with E-state index < -0.39 is 21.2 Å². The van der Waals surface area contributed by atoms with Gasteiger partial charge in [-0.15, -0.1) is 0 Å². The molecule has 9 nitrogen and oxygen atoms in total. The van der Waals surface area contributed by atoms with Gasteiger partial charge in [-0.25, -0.2) is 13.1 Å². The smallest absolute Gasteiger partial charge is 0.264 e. The minimum absolute atomic E-state index is 0.119. The predicted molar refractivity (Wildman–Crippen MR) is 187 cm³/mol. The number of hydrogen-bond acceptors (Lipinski definition) is 8. The first-order chi connectivity index (χ1) is 23.1. The van der Waals surface area contributed by atoms with Gasteiger partial charge in [0.1, 0.15) is 12.4 Å². The van der Waals surface area contributed by atoms with Crippen LogP contribution in [-0.2, 0) is 32.5 Å². The lowest BCUT2D eigenvalue weighted by molar-refractivity contribution is -0.212. The van der Waals surface area contributed by atoms with Crippen molar-refractivity contribution >= 4 is 33.2 Å². The Labute approximate surface area is 290 Å². The van der Waals surface area contributed by atoms with Crippen LogP contribution in [-0.4, -0.2) is 82.1 Å². The summed E-state index contributed by atoms with van der Waals surface area (Å²) in [5.74, 6) is 0.793. The molecule has 5 aliphatic rings. The molecule has 1 amide bonds. The Kier molecular flexibility index (Phi) is 10.0. The van der Waals surface area contributed by atoms with E-state index in [2.05, 4.69) is 14.5 Å². The molecule has 2 aromatic carbocycles. The summed E-state index contributed by atoms with van der Waals surface area (Å²) in [4.78, 5) is 18.5. The van der Waals surface area contributed by atoms with Crippen LogP contribution < -0.4 is 14.4 Å². The van der Waals surface area contributed by atoms with Crippen LogP contribution in [0.4, 0.5) is 5.69 Å². The van der Waals surface area contributed by atoms with Gasteiger partial charge in [0.05, 0.1) is 42.4 Å². The van der Waals surface area contributed by atoms with E-state index in [0.29, 0.717) is 49.0 Å². The van der Waals surface area contributed by atoms with Crippen molar-refractivity contribution in [3.8, 4) is 5.75 Å². The van der Waals surface area contributed by atoms with E-state index in [0.717, 1.165) is 100 Å². The van der Waals surface area contributed by atoms with Gasteiger partial charge in [0.15, 0.2) is 0 Å². The Morgan fingerprint density at radius 3 is 2.69 bits per heavy atom. The Hall–Kier alpha value is -2.37. The first-order valence-corrected chi connectivity index (χ1v) is 19.9. The number of hydrogen-bond donors (Lipinski definition) is 1. The minimum Gasteiger partial charge on any atom is -0.487 e. The number of morpholine rings is 2. The van der Waals surface area contributed by atoms with E-state index in [1.807, 2.05) is 37.3 Å². The van der Waals surface area contributed by atoms with Gasteiger partial charge in [0.25, 0.3) is 5.91 Å². The number of anilines is 1. The predicted octanol–water partition coefficient (Wildman–Crippen LogP) is 5.83. The van der Waals surface area contributed by atoms with E-state index in [9.17, 15) is 13.2 Å². The first kappa shape index (κ1) is 34.1. The van der Waals surface area contributed by atoms with Crippen molar-refractivity contribution in [2.75, 3.05) is 50.9 Å². The van der Waals surface area contributed by atoms with E-state index in [1.54, 1.807) is 13.0 Å². The fourth-order valence-corrected chi connectivity index (χ4v) is 10.2. The molecule has 1 aliphatic carbocycles. The number of carbonyl (C=O) groups excluding carboxylic acids is 1. The largest absolute Gasteiger partial charge is 0.487 e. The van der Waals surface area contributed by atoms with Crippen molar-refractivity contribution in [2.24, 2.45) is 17.8 Å². The molecule has 1 saturated carbocycles. The van der Waals surface area contributed by atoms with Crippen molar-refractivity contribution in [2.45, 2.75) is 88.7 Å². The Bertz CT molecular complexity index is 1610. The summed E-state index contributed by atoms with van der Waals surface area (Å²) in [6.07, 6.45) is 7.63. The van der Waals surface area contributed by atoms with Crippen molar-refractivity contribution in [1.82, 2.24) is 9.62 Å². The molecule has 3 fully saturated rings. The standard InChI is InChI=1S/C37H50ClN3O6S/c1-25-6-5-14-37(24-41-16-17-45-22-32(41)23-47-37)33-12-9-29(33)20-40-15-4-3-7-27-18-31(38)11-8-30(27)21-46-35-13-10-28(19-34(35)40)36(42)39-48(43,44)26(25)2/h8,10-11,13,18-19,25-26,29,32-33H,3-7,9,12,14-17,20-24H2,1-2H3,(H,39,42)/t25-,26+,29-,32-,33+,37+/m0/s1. The number of nitrogens with zero attached hydrogens (tertiary/aromatic N) is 2. The van der Waals surface area contributed by atoms with Crippen molar-refractivity contribution < 1.29 is 27.4 Å². The van der Waals surface area contributed by atoms with Crippen molar-refractivity contribution in [3.63, 3.8) is 0 Å². The molecule has 7 rings (SSSR count). The highest BCUT2D eigenvalue weighted by Gasteiger charge is 2.52. The highest BCUT2D eigenvalue weighted by Crippen LogP contribution is 2.49. The maximum Gasteiger partial charge on any atom is 0.264 e. The fourth-order valence-electron chi connectivity index (χ4n) is 8.65. The third kappa shape index (κ3) is 6.97. The average molecular weight is 700 g/mol. The topological polar surface area (TPSA) is 97.4 Å². The lowest BCUT2D eigenvalue weighted by atomic mass is 9.62. The van der Waals surface area contributed by atoms with Gasteiger partial charge in [0, 0.05) is 36.8 Å². The molecule has 0 radical (unpaired) electrons. The number of aryl methyl sites for hydroxylation is 1. The summed E-state index contributed by atoms with van der Waals surface area (Å²) in [7, 11) is -3.90. The lowest BCUT2D eigenvalue weighted by Crippen LogP contribution is -2.65. The fraction of sp³-hybridized carbons (Fsp3) is 0.649. The number of carbonyl (C=O) groups is 1. The number of sulfonamides is 1. The van der Waals surface area contributed by atoms with Gasteiger partial charge in [-0.2, -0.15) is 0 Å². The molecule has 2 aromatic rings. The van der Waals surface area contributed by atoms with E-state index >= 15 is 0 Å². The van der Waals surface area contributed by atoms with Crippen LogP contribution in [0.1, 0.15) is 80.3 Å². The van der Waals surface area contributed by atoms with Crippen LogP contribution in [0, 0.1) is 17.8 Å². The van der Waals surface area contributed by atoms with E-state index in [1.165, 1.54) is 5.56 Å². The van der Waals surface area contributed by atoms with Gasteiger partial charge < -0.3 is 19.1 Å². The minimum atomic E-state index is -3.90. The molecule has 1 spiro atoms. The summed E-state index contributed by atoms with van der Waals surface area (Å²) < 4.78 is 48.7. The van der Waals surface area contributed by atoms with Gasteiger partial charge in [0.2, 0.25) is 10.0 Å². The number of amides is 1. The quantitative estimate of drug-likeness (QED) is 0.367. The summed E-state index contributed by atoms with van der Waals surface area (Å²) in [5, 5.41) is 0.00798. The molecule has 1 N–H and O–H groups in total. The Balaban J connectivity index is 1.26. The monoisotopic (exact) mass is 699 g/mol. The van der Waals surface area contributed by atoms with E-state index in [-0.39, 0.29) is 11.5 Å². The average Bonchev–Trinajstić information content (AvgIpc) is 3.08. The highest BCUT2D eigenvalue weighted by atomic mass is 35.5. The van der Waals surface area contributed by atoms with Crippen LogP contribution in [0.2, 0.25) is 5.02 Å². The maximum atomic E-state index is 13.5. The van der Waals surface area contributed by atoms with Gasteiger partial charge in [-0.1, -0.05) is 31.0 Å². The van der Waals surface area contributed by atoms with Crippen LogP contribution in [0.5, 0.6) is 5.75 Å². The second-order valence-electron chi connectivity index (χ2n) is 14.9. The molecule has 0 aromatic heterocycles. The van der Waals surface area contributed by atoms with Gasteiger partial charge in [-0.3, -0.25) is 9.69 Å². The molecular weight excluding hydrogens is 650 g/mol. The number of ether oxygens (including phenoxy) is 3. The molecule has 6 atom stereocenters. The zero-order valence-corrected chi connectivity index (χ0v) is 29.9. The van der Waals surface area contributed by atoms with Gasteiger partial charge >= 0.3 is 0 Å². The molecule has 4 heterocycles. The molecule has 2 saturated heterocycles. The van der Waals surface area contributed by atoms with Crippen molar-refractivity contribution in [1.29, 1.82) is 0 Å². The lowest BCUT2D eigenvalue weighted by Gasteiger charge is -2.57. The second-order valence-corrected chi connectivity index (χ2v) is 17.3. The van der Waals surface area contributed by atoms with Crippen LogP contribution in [0.25, 0.3) is 0 Å². The van der Waals surface area contributed by atoms with E-state index in [4.69, 9.17) is 25.8 Å². The Morgan fingerprint density at radius 2 is 1.85 bits per heavy atom. The first-order valence-electron chi connectivity index (χ1n) is 17.9. The van der Waals surface area contributed by atoms with Crippen LogP contribution >= 0.6 is 11.6 Å². The summed E-state index contributed by atoms with van der Waals surface area (Å²) in [6, 6.07) is 11.6. The summed E-state index contributed by atoms with van der Waals surface area (Å²) >= 11 is 6.38. The summed E-state index contributed by atoms with van der Waals surface area (Å²) in [5.41, 5.74) is 3.17. The van der Waals surface area contributed by atoms with Gasteiger partial charge in [-0.05, 0) is 111 Å². The molecule has 2 bridgehead atoms. The normalized spacial score (nSPS) is 33.1. The molecule has 0 unspecified atom stereocenters. The number of nitrogens with one attached hydrogen (secondary N) is 1. The molecule has 4 aliphatic heterocycles. The zero-order chi connectivity index (χ0) is 33.5. The number of halogens is 1. The highest BCUT2D eigenvalue weighted by molar-refractivity contribution is 7.90. The SMILES string of the molecule is C[C@@H]1[C@@H](C)CCC[C@@]2(CN3CCOC[C@H]3CO2)[C@@H]2CC[C@H]2CN2CCCCc3cc(Cl)ccc3COc3ccc(cc32)C(=O)NS1(=O)=O.